The highest BCUT2D eigenvalue weighted by atomic mass is 79.9. The summed E-state index contributed by atoms with van der Waals surface area (Å²) in [4.78, 5) is 5.06. The molecule has 1 N–H and O–H groups in total. The zero-order valence-corrected chi connectivity index (χ0v) is 13.0. The second-order valence-electron chi connectivity index (χ2n) is 4.43. The summed E-state index contributed by atoms with van der Waals surface area (Å²) in [7, 11) is 0. The fourth-order valence-corrected chi connectivity index (χ4v) is 2.41. The fourth-order valence-electron chi connectivity index (χ4n) is 1.82. The first kappa shape index (κ1) is 14.2. The summed E-state index contributed by atoms with van der Waals surface area (Å²) in [6.07, 6.45) is 2.57. The van der Waals surface area contributed by atoms with E-state index in [0.29, 0.717) is 5.92 Å². The summed E-state index contributed by atoms with van der Waals surface area (Å²) < 4.78 is 0.960. The van der Waals surface area contributed by atoms with Crippen LogP contribution in [0.3, 0.4) is 0 Å². The maximum atomic E-state index is 5.38. The lowest BCUT2D eigenvalue weighted by Gasteiger charge is -2.13. The van der Waals surface area contributed by atoms with Crippen LogP contribution in [0.25, 0.3) is 0 Å². The lowest BCUT2D eigenvalue weighted by atomic mass is 9.98. The fraction of sp³-hybridized carbons (Fsp3) is 0.200. The quantitative estimate of drug-likeness (QED) is 0.814. The predicted octanol–water partition coefficient (Wildman–Crippen LogP) is 4.78. The summed E-state index contributed by atoms with van der Waals surface area (Å²) in [5.74, 6) is 1.19. The molecule has 1 atom stereocenters. The molecule has 0 amide bonds. The van der Waals surface area contributed by atoms with Crippen LogP contribution in [0.15, 0.2) is 53.1 Å². The normalized spacial score (nSPS) is 11.9. The van der Waals surface area contributed by atoms with Crippen LogP contribution in [0.2, 0.25) is 0 Å². The third-order valence-electron chi connectivity index (χ3n) is 2.86. The van der Waals surface area contributed by atoms with Gasteiger partial charge >= 0.3 is 0 Å². The average molecular weight is 335 g/mol. The monoisotopic (exact) mass is 334 g/mol. The van der Waals surface area contributed by atoms with Crippen LogP contribution >= 0.6 is 28.1 Å². The molecule has 1 aromatic heterocycles. The van der Waals surface area contributed by atoms with Gasteiger partial charge < -0.3 is 5.32 Å². The van der Waals surface area contributed by atoms with Crippen LogP contribution in [0, 0.1) is 0 Å². The van der Waals surface area contributed by atoms with Crippen LogP contribution in [-0.2, 0) is 0 Å². The molecule has 2 aromatic rings. The molecule has 4 heteroatoms. The van der Waals surface area contributed by atoms with Gasteiger partial charge in [0.2, 0.25) is 0 Å². The molecule has 0 fully saturated rings. The van der Waals surface area contributed by atoms with Crippen molar-refractivity contribution in [2.45, 2.75) is 19.3 Å². The van der Waals surface area contributed by atoms with Crippen molar-refractivity contribution in [3.63, 3.8) is 0 Å². The number of anilines is 1. The van der Waals surface area contributed by atoms with Gasteiger partial charge in [0.1, 0.15) is 5.82 Å². The molecule has 98 valence electrons. The smallest absolute Gasteiger partial charge is 0.130 e. The average Bonchev–Trinajstić information content (AvgIpc) is 2.42. The molecule has 0 aliphatic carbocycles. The van der Waals surface area contributed by atoms with E-state index < -0.39 is 0 Å². The first-order valence-corrected chi connectivity index (χ1v) is 7.31. The van der Waals surface area contributed by atoms with E-state index in [1.165, 1.54) is 5.56 Å². The first-order chi connectivity index (χ1) is 9.15. The summed E-state index contributed by atoms with van der Waals surface area (Å²) in [6, 6.07) is 14.2. The number of halogens is 1. The molecule has 0 aliphatic heterocycles. The van der Waals surface area contributed by atoms with E-state index >= 15 is 0 Å². The largest absolute Gasteiger partial charge is 0.335 e. The lowest BCUT2D eigenvalue weighted by molar-refractivity contribution is 0.809. The van der Waals surface area contributed by atoms with E-state index in [2.05, 4.69) is 57.4 Å². The maximum Gasteiger partial charge on any atom is 0.130 e. The van der Waals surface area contributed by atoms with Crippen molar-refractivity contribution in [3.05, 3.63) is 58.7 Å². The minimum Gasteiger partial charge on any atom is -0.335 e. The van der Waals surface area contributed by atoms with E-state index in [1.54, 1.807) is 6.20 Å². The number of thiocarbonyl (C=S) groups is 1. The second-order valence-corrected chi connectivity index (χ2v) is 5.83. The van der Waals surface area contributed by atoms with Gasteiger partial charge in [-0.1, -0.05) is 49.5 Å². The van der Waals surface area contributed by atoms with E-state index in [0.717, 1.165) is 21.7 Å². The van der Waals surface area contributed by atoms with Crippen molar-refractivity contribution in [1.29, 1.82) is 0 Å². The van der Waals surface area contributed by atoms with Gasteiger partial charge in [-0.15, -0.1) is 0 Å². The van der Waals surface area contributed by atoms with Crippen molar-refractivity contribution in [3.8, 4) is 0 Å². The van der Waals surface area contributed by atoms with Crippen LogP contribution in [0.5, 0.6) is 0 Å². The van der Waals surface area contributed by atoms with E-state index in [-0.39, 0.29) is 0 Å². The minimum atomic E-state index is 0.400. The third-order valence-corrected chi connectivity index (χ3v) is 3.59. The van der Waals surface area contributed by atoms with Crippen molar-refractivity contribution >= 4 is 39.0 Å². The lowest BCUT2D eigenvalue weighted by Crippen LogP contribution is -2.13. The molecular weight excluding hydrogens is 320 g/mol. The number of aromatic nitrogens is 1. The van der Waals surface area contributed by atoms with Crippen molar-refractivity contribution in [1.82, 2.24) is 4.98 Å². The number of pyridine rings is 1. The van der Waals surface area contributed by atoms with Gasteiger partial charge in [0, 0.05) is 17.1 Å². The van der Waals surface area contributed by atoms with Gasteiger partial charge in [0.15, 0.2) is 0 Å². The topological polar surface area (TPSA) is 24.9 Å². The number of benzene rings is 1. The molecule has 0 bridgehead atoms. The highest BCUT2D eigenvalue weighted by molar-refractivity contribution is 9.10. The Morgan fingerprint density at radius 3 is 2.63 bits per heavy atom. The number of nitrogens with one attached hydrogen (secondary N) is 1. The van der Waals surface area contributed by atoms with Gasteiger partial charge in [-0.3, -0.25) is 0 Å². The molecule has 0 unspecified atom stereocenters. The summed E-state index contributed by atoms with van der Waals surface area (Å²) in [6.45, 7) is 2.18. The van der Waals surface area contributed by atoms with Crippen LogP contribution in [-0.4, -0.2) is 9.97 Å². The van der Waals surface area contributed by atoms with Gasteiger partial charge in [-0.25, -0.2) is 4.98 Å². The Kier molecular flexibility index (Phi) is 5.05. The zero-order valence-electron chi connectivity index (χ0n) is 10.6. The van der Waals surface area contributed by atoms with Gasteiger partial charge in [0.25, 0.3) is 0 Å². The van der Waals surface area contributed by atoms with Crippen LogP contribution < -0.4 is 5.32 Å². The Morgan fingerprint density at radius 1 is 1.26 bits per heavy atom. The van der Waals surface area contributed by atoms with Crippen LogP contribution in [0.1, 0.15) is 24.8 Å². The molecule has 1 aromatic carbocycles. The molecule has 0 saturated heterocycles. The number of hydrogen-bond acceptors (Lipinski definition) is 2. The Hall–Kier alpha value is -1.26. The maximum absolute atomic E-state index is 5.38. The molecule has 0 saturated carbocycles. The Morgan fingerprint density at radius 2 is 2.00 bits per heavy atom. The summed E-state index contributed by atoms with van der Waals surface area (Å²) in [5.41, 5.74) is 1.30. The summed E-state index contributed by atoms with van der Waals surface area (Å²) in [5, 5.41) is 3.17. The van der Waals surface area contributed by atoms with Crippen molar-refractivity contribution < 1.29 is 0 Å². The molecule has 0 radical (unpaired) electrons. The van der Waals surface area contributed by atoms with E-state index in [4.69, 9.17) is 12.2 Å². The minimum absolute atomic E-state index is 0.400. The second kappa shape index (κ2) is 6.78. The summed E-state index contributed by atoms with van der Waals surface area (Å²) >= 11 is 8.74. The third kappa shape index (κ3) is 4.40. The van der Waals surface area contributed by atoms with Gasteiger partial charge in [-0.05, 0) is 39.5 Å². The van der Waals surface area contributed by atoms with Gasteiger partial charge in [-0.2, -0.15) is 0 Å². The Bertz CT molecular complexity index is 540. The van der Waals surface area contributed by atoms with E-state index in [9.17, 15) is 0 Å². The highest BCUT2D eigenvalue weighted by Crippen LogP contribution is 2.20. The number of nitrogens with zero attached hydrogens (tertiary/aromatic N) is 1. The first-order valence-electron chi connectivity index (χ1n) is 6.11. The Labute approximate surface area is 127 Å². The molecule has 2 nitrogen and oxygen atoms in total. The molecule has 1 heterocycles. The molecular formula is C15H15BrN2S. The van der Waals surface area contributed by atoms with Crippen molar-refractivity contribution in [2.24, 2.45) is 0 Å². The van der Waals surface area contributed by atoms with Crippen LogP contribution in [0.4, 0.5) is 5.82 Å². The molecule has 2 rings (SSSR count). The molecule has 0 spiro atoms. The number of rotatable bonds is 4. The van der Waals surface area contributed by atoms with Gasteiger partial charge in [0.05, 0.1) is 4.99 Å². The van der Waals surface area contributed by atoms with Crippen molar-refractivity contribution in [2.75, 3.05) is 5.32 Å². The number of hydrogen-bond donors (Lipinski definition) is 1. The SMILES string of the molecule is C[C@H](CC(=S)Nc1ccc(Br)cn1)c1ccccc1. The standard InChI is InChI=1S/C15H15BrN2S/c1-11(12-5-3-2-4-6-12)9-15(19)18-14-8-7-13(16)10-17-14/h2-8,10-11H,9H2,1H3,(H,17,18,19)/t11-/m1/s1. The Balaban J connectivity index is 1.93. The molecule has 0 aliphatic rings. The highest BCUT2D eigenvalue weighted by Gasteiger charge is 2.08. The zero-order chi connectivity index (χ0) is 13.7. The van der Waals surface area contributed by atoms with E-state index in [1.807, 2.05) is 18.2 Å². The predicted molar refractivity (Wildman–Crippen MR) is 87.6 cm³/mol. The molecule has 19 heavy (non-hydrogen) atoms.